The van der Waals surface area contributed by atoms with Crippen LogP contribution in [0.3, 0.4) is 0 Å². The normalized spacial score (nSPS) is 12.7. The molecule has 1 nitrogen and oxygen atoms in total. The first-order valence-electron chi connectivity index (χ1n) is 6.99. The Morgan fingerprint density at radius 3 is 2.00 bits per heavy atom. The van der Waals surface area contributed by atoms with Gasteiger partial charge in [0.15, 0.2) is 0 Å². The third-order valence-electron chi connectivity index (χ3n) is 3.27. The Morgan fingerprint density at radius 2 is 1.50 bits per heavy atom. The van der Waals surface area contributed by atoms with E-state index in [2.05, 4.69) is 61.2 Å². The molecule has 0 fully saturated rings. The average Bonchev–Trinajstić information content (AvgIpc) is 2.67. The van der Waals surface area contributed by atoms with Gasteiger partial charge in [-0.25, -0.2) is 0 Å². The topological polar surface area (TPSA) is 9.23 Å². The monoisotopic (exact) mass is 286 g/mol. The van der Waals surface area contributed by atoms with Crippen LogP contribution in [0.4, 0.5) is 0 Å². The van der Waals surface area contributed by atoms with Crippen molar-refractivity contribution in [3.05, 3.63) is 28.0 Å². The molecule has 2 aromatic rings. The van der Waals surface area contributed by atoms with E-state index in [0.717, 1.165) is 5.75 Å². The van der Waals surface area contributed by atoms with Crippen LogP contribution in [-0.4, -0.2) is 13.6 Å². The Labute approximate surface area is 127 Å². The van der Waals surface area contributed by atoms with Crippen LogP contribution in [0.25, 0.3) is 10.8 Å². The van der Waals surface area contributed by atoms with Gasteiger partial charge in [0.2, 0.25) is 0 Å². The molecule has 1 heterocycles. The summed E-state index contributed by atoms with van der Waals surface area (Å²) in [4.78, 5) is 2.87. The van der Waals surface area contributed by atoms with Crippen LogP contribution in [0.5, 0.6) is 5.75 Å². The van der Waals surface area contributed by atoms with Crippen molar-refractivity contribution in [1.82, 2.24) is 0 Å². The summed E-state index contributed by atoms with van der Waals surface area (Å²) in [6.07, 6.45) is 1.48. The van der Waals surface area contributed by atoms with E-state index in [0.29, 0.717) is 0 Å². The van der Waals surface area contributed by atoms with Crippen LogP contribution < -0.4 is 4.74 Å². The van der Waals surface area contributed by atoms with Gasteiger partial charge in [0.1, 0.15) is 0 Å². The van der Waals surface area contributed by atoms with E-state index in [4.69, 9.17) is 4.74 Å². The van der Waals surface area contributed by atoms with E-state index in [-0.39, 0.29) is 10.8 Å². The van der Waals surface area contributed by atoms with E-state index >= 15 is 0 Å². The first-order valence-corrected chi connectivity index (χ1v) is 7.81. The number of rotatable bonds is 2. The molecule has 2 rings (SSSR count). The van der Waals surface area contributed by atoms with E-state index in [9.17, 15) is 0 Å². The summed E-state index contributed by atoms with van der Waals surface area (Å²) in [7, 11) is 3.63. The molecule has 0 aliphatic carbocycles. The molecule has 0 saturated heterocycles. The average molecular weight is 286 g/mol. The summed E-state index contributed by atoms with van der Waals surface area (Å²) in [5.41, 5.74) is 0.298. The van der Waals surface area contributed by atoms with Crippen LogP contribution in [0.2, 0.25) is 0 Å². The van der Waals surface area contributed by atoms with Crippen LogP contribution in [-0.2, 0) is 10.8 Å². The molecule has 0 aliphatic rings. The van der Waals surface area contributed by atoms with Crippen molar-refractivity contribution in [2.24, 2.45) is 0 Å². The minimum atomic E-state index is 0.138. The number of benzene rings is 1. The fourth-order valence-electron chi connectivity index (χ4n) is 2.40. The van der Waals surface area contributed by atoms with Gasteiger partial charge in [0.05, 0.1) is 0 Å². The van der Waals surface area contributed by atoms with Crippen LogP contribution in [0, 0.1) is 0 Å². The zero-order chi connectivity index (χ0) is 15.1. The predicted molar refractivity (Wildman–Crippen MR) is 93.1 cm³/mol. The fourth-order valence-corrected chi connectivity index (χ4v) is 3.79. The van der Waals surface area contributed by atoms with Crippen molar-refractivity contribution in [2.75, 3.05) is 0 Å². The summed E-state index contributed by atoms with van der Waals surface area (Å²) in [6.45, 7) is 13.6. The Morgan fingerprint density at radius 1 is 0.950 bits per heavy atom. The molecule has 0 radical (unpaired) electrons. The summed E-state index contributed by atoms with van der Waals surface area (Å²) < 4.78 is 5.45. The molecule has 0 amide bonds. The SMILES string of the molecule is B=COc1ccc2c(C(C)(C)C)sc(C(C)(C)C)c2c1. The Kier molecular flexibility index (Phi) is 3.85. The van der Waals surface area contributed by atoms with Crippen molar-refractivity contribution in [1.29, 1.82) is 0 Å². The van der Waals surface area contributed by atoms with Gasteiger partial charge in [-0.3, -0.25) is 0 Å². The third kappa shape index (κ3) is 2.83. The van der Waals surface area contributed by atoms with Crippen molar-refractivity contribution in [2.45, 2.75) is 52.4 Å². The van der Waals surface area contributed by atoms with Gasteiger partial charge in [-0.05, 0) is 0 Å². The maximum absolute atomic E-state index is 5.45. The summed E-state index contributed by atoms with van der Waals surface area (Å²) in [5.74, 6) is 0.858. The van der Waals surface area contributed by atoms with Crippen molar-refractivity contribution >= 4 is 35.7 Å². The third-order valence-corrected chi connectivity index (χ3v) is 5.34. The van der Waals surface area contributed by atoms with E-state index < -0.39 is 0 Å². The first-order chi connectivity index (χ1) is 9.14. The van der Waals surface area contributed by atoms with Gasteiger partial charge >= 0.3 is 127 Å². The Balaban J connectivity index is 2.77. The molecular formula is C17H23BOS. The molecule has 0 spiro atoms. The predicted octanol–water partition coefficient (Wildman–Crippen LogP) is 4.54. The summed E-state index contributed by atoms with van der Waals surface area (Å²) in [6, 6.07) is 6.35. The van der Waals surface area contributed by atoms with E-state index in [1.807, 2.05) is 17.4 Å². The van der Waals surface area contributed by atoms with Gasteiger partial charge in [-0.2, -0.15) is 0 Å². The fraction of sp³-hybridized carbons (Fsp3) is 0.471. The molecule has 1 aromatic carbocycles. The molecule has 1 aromatic heterocycles. The molecule has 0 unspecified atom stereocenters. The number of hydrogen-bond acceptors (Lipinski definition) is 2. The zero-order valence-corrected chi connectivity index (χ0v) is 14.1. The second-order valence-electron chi connectivity index (χ2n) is 7.25. The molecule has 106 valence electrons. The Hall–Kier alpha value is -1.09. The van der Waals surface area contributed by atoms with Crippen LogP contribution in [0.15, 0.2) is 18.2 Å². The Bertz CT molecular complexity index is 641. The van der Waals surface area contributed by atoms with Crippen molar-refractivity contribution in [3.63, 3.8) is 0 Å². The zero-order valence-electron chi connectivity index (χ0n) is 13.3. The standard InChI is InChI=1S/C17H23BOS/c1-16(2,3)14-12-8-7-11(19-10-18)9-13(12)15(20-14)17(4,5)6/h7-10,18H,1-6H3. The van der Waals surface area contributed by atoms with Gasteiger partial charge in [0, 0.05) is 0 Å². The molecule has 0 atom stereocenters. The van der Waals surface area contributed by atoms with Gasteiger partial charge in [0.25, 0.3) is 0 Å². The molecule has 0 saturated carbocycles. The second kappa shape index (κ2) is 5.03. The van der Waals surface area contributed by atoms with Crippen molar-refractivity contribution < 1.29 is 4.74 Å². The van der Waals surface area contributed by atoms with E-state index in [1.165, 1.54) is 26.7 Å². The van der Waals surface area contributed by atoms with Gasteiger partial charge in [-0.15, -0.1) is 0 Å². The molecule has 0 N–H and O–H groups in total. The molecule has 0 aliphatic heterocycles. The molecular weight excluding hydrogens is 263 g/mol. The minimum absolute atomic E-state index is 0.138. The molecule has 0 bridgehead atoms. The van der Waals surface area contributed by atoms with Crippen LogP contribution in [0.1, 0.15) is 51.3 Å². The van der Waals surface area contributed by atoms with Crippen LogP contribution >= 0.6 is 11.3 Å². The second-order valence-corrected chi connectivity index (χ2v) is 8.27. The number of hydrogen-bond donors (Lipinski definition) is 0. The molecule has 3 heteroatoms. The molecule has 20 heavy (non-hydrogen) atoms. The number of ether oxygens (including phenoxy) is 1. The van der Waals surface area contributed by atoms with Gasteiger partial charge in [-0.1, -0.05) is 0 Å². The number of thiophene rings is 1. The first kappa shape index (κ1) is 15.3. The van der Waals surface area contributed by atoms with E-state index in [1.54, 1.807) is 0 Å². The van der Waals surface area contributed by atoms with Crippen molar-refractivity contribution in [3.8, 4) is 5.75 Å². The summed E-state index contributed by atoms with van der Waals surface area (Å²) in [5, 5.41) is 2.66. The number of fused-ring (bicyclic) bond motifs is 1. The summed E-state index contributed by atoms with van der Waals surface area (Å²) >= 11 is 1.93. The maximum atomic E-state index is 5.45. The quantitative estimate of drug-likeness (QED) is 0.737. The van der Waals surface area contributed by atoms with Gasteiger partial charge < -0.3 is 0 Å².